The van der Waals surface area contributed by atoms with Crippen molar-refractivity contribution in [2.45, 2.75) is 6.54 Å². The van der Waals surface area contributed by atoms with E-state index >= 15 is 0 Å². The van der Waals surface area contributed by atoms with Crippen LogP contribution in [0.15, 0.2) is 52.3 Å². The average Bonchev–Trinajstić information content (AvgIpc) is 2.91. The first-order valence-corrected chi connectivity index (χ1v) is 7.96. The lowest BCUT2D eigenvalue weighted by Crippen LogP contribution is -2.22. The van der Waals surface area contributed by atoms with Crippen molar-refractivity contribution in [3.05, 3.63) is 68.6 Å². The number of rotatable bonds is 3. The van der Waals surface area contributed by atoms with Gasteiger partial charge in [-0.15, -0.1) is 11.3 Å². The summed E-state index contributed by atoms with van der Waals surface area (Å²) in [5, 5.41) is 3.96. The molecule has 1 amide bonds. The van der Waals surface area contributed by atoms with Crippen LogP contribution in [0.1, 0.15) is 15.2 Å². The minimum absolute atomic E-state index is 0.198. The molecule has 0 bridgehead atoms. The van der Waals surface area contributed by atoms with E-state index in [2.05, 4.69) is 21.2 Å². The zero-order valence-electron chi connectivity index (χ0n) is 10.9. The van der Waals surface area contributed by atoms with Gasteiger partial charge in [-0.3, -0.25) is 4.79 Å². The van der Waals surface area contributed by atoms with Gasteiger partial charge < -0.3 is 5.32 Å². The third-order valence-corrected chi connectivity index (χ3v) is 4.79. The van der Waals surface area contributed by atoms with Gasteiger partial charge in [0.25, 0.3) is 5.91 Å². The Bertz CT molecular complexity index is 815. The van der Waals surface area contributed by atoms with E-state index in [0.29, 0.717) is 22.9 Å². The minimum Gasteiger partial charge on any atom is -0.347 e. The Morgan fingerprint density at radius 2 is 1.86 bits per heavy atom. The second-order valence-corrected chi connectivity index (χ2v) is 7.08. The molecule has 2 nitrogen and oxygen atoms in total. The highest BCUT2D eigenvalue weighted by atomic mass is 79.9. The maximum absolute atomic E-state index is 13.7. The largest absolute Gasteiger partial charge is 0.347 e. The molecule has 0 spiro atoms. The molecule has 21 heavy (non-hydrogen) atoms. The van der Waals surface area contributed by atoms with Crippen LogP contribution in [0.3, 0.4) is 0 Å². The fraction of sp³-hybridized carbons (Fsp3) is 0.0625. The van der Waals surface area contributed by atoms with Gasteiger partial charge in [0.05, 0.1) is 10.3 Å². The molecule has 0 fully saturated rings. The highest BCUT2D eigenvalue weighted by molar-refractivity contribution is 9.11. The maximum atomic E-state index is 13.7. The van der Waals surface area contributed by atoms with E-state index in [1.165, 1.54) is 12.1 Å². The minimum atomic E-state index is -0.315. The third kappa shape index (κ3) is 2.99. The van der Waals surface area contributed by atoms with Crippen LogP contribution in [0.2, 0.25) is 0 Å². The number of carbonyl (C=O) groups excluding carboxylic acids is 1. The van der Waals surface area contributed by atoms with Crippen molar-refractivity contribution in [2.24, 2.45) is 0 Å². The van der Waals surface area contributed by atoms with Gasteiger partial charge >= 0.3 is 0 Å². The molecule has 0 saturated heterocycles. The Morgan fingerprint density at radius 1 is 1.10 bits per heavy atom. The molecule has 3 aromatic rings. The van der Waals surface area contributed by atoms with Crippen molar-refractivity contribution in [1.29, 1.82) is 0 Å². The third-order valence-electron chi connectivity index (χ3n) is 3.17. The van der Waals surface area contributed by atoms with Crippen LogP contribution in [0, 0.1) is 5.82 Å². The van der Waals surface area contributed by atoms with Crippen molar-refractivity contribution >= 4 is 43.9 Å². The van der Waals surface area contributed by atoms with Crippen LogP contribution >= 0.6 is 27.3 Å². The molecular weight excluding hydrogens is 353 g/mol. The Morgan fingerprint density at radius 3 is 2.57 bits per heavy atom. The van der Waals surface area contributed by atoms with Crippen LogP contribution in [0.5, 0.6) is 0 Å². The SMILES string of the molecule is O=C(NCc1ccc(Br)s1)c1ccc(F)c2ccccc12. The zero-order valence-corrected chi connectivity index (χ0v) is 13.3. The molecule has 1 aromatic heterocycles. The van der Waals surface area contributed by atoms with Crippen LogP contribution in [-0.2, 0) is 6.54 Å². The highest BCUT2D eigenvalue weighted by Crippen LogP contribution is 2.23. The smallest absolute Gasteiger partial charge is 0.252 e. The molecule has 0 saturated carbocycles. The number of halogens is 2. The lowest BCUT2D eigenvalue weighted by atomic mass is 10.0. The van der Waals surface area contributed by atoms with E-state index in [1.807, 2.05) is 12.1 Å². The molecule has 0 aliphatic carbocycles. The Labute approximate surface area is 133 Å². The fourth-order valence-corrected chi connectivity index (χ4v) is 3.59. The molecule has 0 aliphatic rings. The number of nitrogens with one attached hydrogen (secondary N) is 1. The predicted molar refractivity (Wildman–Crippen MR) is 87.1 cm³/mol. The Balaban J connectivity index is 1.86. The summed E-state index contributed by atoms with van der Waals surface area (Å²) in [5.74, 6) is -0.514. The molecule has 0 atom stereocenters. The topological polar surface area (TPSA) is 29.1 Å². The first kappa shape index (κ1) is 14.2. The highest BCUT2D eigenvalue weighted by Gasteiger charge is 2.12. The molecule has 5 heteroatoms. The number of amides is 1. The number of fused-ring (bicyclic) bond motifs is 1. The molecule has 0 unspecified atom stereocenters. The van der Waals surface area contributed by atoms with Crippen LogP contribution in [-0.4, -0.2) is 5.91 Å². The van der Waals surface area contributed by atoms with Gasteiger partial charge in [0, 0.05) is 15.8 Å². The number of hydrogen-bond donors (Lipinski definition) is 1. The summed E-state index contributed by atoms with van der Waals surface area (Å²) in [6, 6.07) is 13.8. The number of hydrogen-bond acceptors (Lipinski definition) is 2. The molecule has 1 heterocycles. The molecule has 0 aliphatic heterocycles. The molecule has 106 valence electrons. The monoisotopic (exact) mass is 363 g/mol. The summed E-state index contributed by atoms with van der Waals surface area (Å²) in [6.07, 6.45) is 0. The van der Waals surface area contributed by atoms with Crippen LogP contribution in [0.4, 0.5) is 4.39 Å². The van der Waals surface area contributed by atoms with Gasteiger partial charge in [0.1, 0.15) is 5.82 Å². The van der Waals surface area contributed by atoms with Gasteiger partial charge in [-0.2, -0.15) is 0 Å². The van der Waals surface area contributed by atoms with E-state index in [-0.39, 0.29) is 11.7 Å². The van der Waals surface area contributed by atoms with E-state index in [9.17, 15) is 9.18 Å². The Kier molecular flexibility index (Phi) is 4.03. The summed E-state index contributed by atoms with van der Waals surface area (Å²) >= 11 is 4.96. The van der Waals surface area contributed by atoms with Gasteiger partial charge in [-0.25, -0.2) is 4.39 Å². The van der Waals surface area contributed by atoms with Gasteiger partial charge in [0.15, 0.2) is 0 Å². The fourth-order valence-electron chi connectivity index (χ4n) is 2.17. The van der Waals surface area contributed by atoms with E-state index in [1.54, 1.807) is 35.6 Å². The van der Waals surface area contributed by atoms with Gasteiger partial charge in [0.2, 0.25) is 0 Å². The molecular formula is C16H11BrFNOS. The van der Waals surface area contributed by atoms with Crippen LogP contribution in [0.25, 0.3) is 10.8 Å². The van der Waals surface area contributed by atoms with Crippen molar-refractivity contribution in [3.8, 4) is 0 Å². The summed E-state index contributed by atoms with van der Waals surface area (Å²) in [4.78, 5) is 13.4. The van der Waals surface area contributed by atoms with E-state index < -0.39 is 0 Å². The molecule has 0 radical (unpaired) electrons. The summed E-state index contributed by atoms with van der Waals surface area (Å²) < 4.78 is 14.8. The van der Waals surface area contributed by atoms with Crippen molar-refractivity contribution in [2.75, 3.05) is 0 Å². The van der Waals surface area contributed by atoms with Gasteiger partial charge in [-0.05, 0) is 45.6 Å². The van der Waals surface area contributed by atoms with Crippen molar-refractivity contribution < 1.29 is 9.18 Å². The molecule has 3 rings (SSSR count). The van der Waals surface area contributed by atoms with Crippen molar-refractivity contribution in [1.82, 2.24) is 5.32 Å². The number of carbonyl (C=O) groups is 1. The second kappa shape index (κ2) is 5.95. The van der Waals surface area contributed by atoms with Crippen LogP contribution < -0.4 is 5.32 Å². The first-order chi connectivity index (χ1) is 10.1. The predicted octanol–water partition coefficient (Wildman–Crippen LogP) is 4.73. The zero-order chi connectivity index (χ0) is 14.8. The maximum Gasteiger partial charge on any atom is 0.252 e. The van der Waals surface area contributed by atoms with Crippen molar-refractivity contribution in [3.63, 3.8) is 0 Å². The van der Waals surface area contributed by atoms with E-state index in [0.717, 1.165) is 8.66 Å². The average molecular weight is 364 g/mol. The Hall–Kier alpha value is -1.72. The van der Waals surface area contributed by atoms with E-state index in [4.69, 9.17) is 0 Å². The van der Waals surface area contributed by atoms with Gasteiger partial charge in [-0.1, -0.05) is 24.3 Å². The first-order valence-electron chi connectivity index (χ1n) is 6.35. The standard InChI is InChI=1S/C16H11BrFNOS/c17-15-8-5-10(21-15)9-19-16(20)13-6-7-14(18)12-4-2-1-3-11(12)13/h1-8H,9H2,(H,19,20). The summed E-state index contributed by atoms with van der Waals surface area (Å²) in [7, 11) is 0. The second-order valence-electron chi connectivity index (χ2n) is 4.53. The lowest BCUT2D eigenvalue weighted by Gasteiger charge is -2.08. The molecule has 1 N–H and O–H groups in total. The lowest BCUT2D eigenvalue weighted by molar-refractivity contribution is 0.0953. The number of thiophene rings is 1. The summed E-state index contributed by atoms with van der Waals surface area (Å²) in [5.41, 5.74) is 0.489. The number of benzene rings is 2. The quantitative estimate of drug-likeness (QED) is 0.715. The molecule has 2 aromatic carbocycles. The normalized spacial score (nSPS) is 10.8. The summed E-state index contributed by atoms with van der Waals surface area (Å²) in [6.45, 7) is 0.459.